The van der Waals surface area contributed by atoms with Crippen molar-refractivity contribution in [1.29, 1.82) is 0 Å². The number of nitrogens with one attached hydrogen (secondary N) is 2. The van der Waals surface area contributed by atoms with E-state index in [1.54, 1.807) is 0 Å². The van der Waals surface area contributed by atoms with Crippen LogP contribution in [0.4, 0.5) is 0 Å². The van der Waals surface area contributed by atoms with Crippen LogP contribution < -0.4 is 10.6 Å². The molecule has 1 aliphatic rings. The molecule has 0 aromatic heterocycles. The standard InChI is InChI=1S/C11H24N4O/c1-14(2)6-5-13-11(16)8-10-9-12-4-7-15(10)3/h10,12H,4-9H2,1-3H3,(H,13,16). The number of hydrogen-bond donors (Lipinski definition) is 2. The van der Waals surface area contributed by atoms with Crippen molar-refractivity contribution >= 4 is 5.91 Å². The van der Waals surface area contributed by atoms with Crippen LogP contribution in [0.25, 0.3) is 0 Å². The largest absolute Gasteiger partial charge is 0.355 e. The summed E-state index contributed by atoms with van der Waals surface area (Å²) in [6.45, 7) is 4.59. The van der Waals surface area contributed by atoms with Crippen molar-refractivity contribution in [2.45, 2.75) is 12.5 Å². The van der Waals surface area contributed by atoms with Crippen molar-refractivity contribution in [2.24, 2.45) is 0 Å². The van der Waals surface area contributed by atoms with Crippen LogP contribution in [0.3, 0.4) is 0 Å². The van der Waals surface area contributed by atoms with Crippen LogP contribution in [0.1, 0.15) is 6.42 Å². The Morgan fingerprint density at radius 3 is 2.94 bits per heavy atom. The zero-order valence-corrected chi connectivity index (χ0v) is 10.6. The van der Waals surface area contributed by atoms with Crippen LogP contribution in [-0.4, -0.2) is 75.6 Å². The lowest BCUT2D eigenvalue weighted by Crippen LogP contribution is -2.51. The average Bonchev–Trinajstić information content (AvgIpc) is 2.21. The van der Waals surface area contributed by atoms with Crippen molar-refractivity contribution in [3.05, 3.63) is 0 Å². The van der Waals surface area contributed by atoms with E-state index >= 15 is 0 Å². The Bertz CT molecular complexity index is 220. The van der Waals surface area contributed by atoms with Gasteiger partial charge in [-0.1, -0.05) is 0 Å². The number of rotatable bonds is 5. The molecule has 5 heteroatoms. The molecule has 2 N–H and O–H groups in total. The number of hydrogen-bond acceptors (Lipinski definition) is 4. The maximum absolute atomic E-state index is 11.7. The van der Waals surface area contributed by atoms with Crippen molar-refractivity contribution in [1.82, 2.24) is 20.4 Å². The number of piperazine rings is 1. The molecule has 0 aromatic rings. The second kappa shape index (κ2) is 6.83. The summed E-state index contributed by atoms with van der Waals surface area (Å²) in [6.07, 6.45) is 0.594. The van der Waals surface area contributed by atoms with Crippen LogP contribution in [0, 0.1) is 0 Å². The Balaban J connectivity index is 2.17. The van der Waals surface area contributed by atoms with Crippen LogP contribution in [0.15, 0.2) is 0 Å². The summed E-state index contributed by atoms with van der Waals surface area (Å²) in [5.74, 6) is 0.155. The Labute approximate surface area is 98.2 Å². The van der Waals surface area contributed by atoms with Gasteiger partial charge in [0.05, 0.1) is 0 Å². The average molecular weight is 228 g/mol. The van der Waals surface area contributed by atoms with Crippen molar-refractivity contribution in [3.63, 3.8) is 0 Å². The molecule has 0 aliphatic carbocycles. The molecule has 94 valence electrons. The van der Waals surface area contributed by atoms with Crippen LogP contribution in [-0.2, 0) is 4.79 Å². The molecule has 1 saturated heterocycles. The summed E-state index contributed by atoms with van der Waals surface area (Å²) >= 11 is 0. The van der Waals surface area contributed by atoms with Gasteiger partial charge in [0, 0.05) is 45.2 Å². The molecule has 0 bridgehead atoms. The third-order valence-corrected chi connectivity index (χ3v) is 2.95. The van der Waals surface area contributed by atoms with Gasteiger partial charge in [0.15, 0.2) is 0 Å². The normalized spacial score (nSPS) is 22.4. The molecule has 1 amide bonds. The SMILES string of the molecule is CN(C)CCNC(=O)CC1CNCCN1C. The molecule has 1 unspecified atom stereocenters. The first kappa shape index (κ1) is 13.4. The smallest absolute Gasteiger partial charge is 0.221 e. The predicted molar refractivity (Wildman–Crippen MR) is 65.5 cm³/mol. The lowest BCUT2D eigenvalue weighted by atomic mass is 10.1. The molecule has 1 heterocycles. The van der Waals surface area contributed by atoms with Gasteiger partial charge in [0.1, 0.15) is 0 Å². The second-order valence-electron chi connectivity index (χ2n) is 4.70. The van der Waals surface area contributed by atoms with Gasteiger partial charge in [-0.15, -0.1) is 0 Å². The van der Waals surface area contributed by atoms with Crippen LogP contribution in [0.2, 0.25) is 0 Å². The maximum Gasteiger partial charge on any atom is 0.221 e. The van der Waals surface area contributed by atoms with E-state index in [0.29, 0.717) is 12.5 Å². The van der Waals surface area contributed by atoms with Crippen LogP contribution >= 0.6 is 0 Å². The van der Waals surface area contributed by atoms with Gasteiger partial charge < -0.3 is 20.4 Å². The lowest BCUT2D eigenvalue weighted by Gasteiger charge is -2.32. The fourth-order valence-electron chi connectivity index (χ4n) is 1.80. The van der Waals surface area contributed by atoms with E-state index in [1.807, 2.05) is 14.1 Å². The first-order valence-corrected chi connectivity index (χ1v) is 5.92. The zero-order valence-electron chi connectivity index (χ0n) is 10.6. The Kier molecular flexibility index (Phi) is 5.73. The van der Waals surface area contributed by atoms with E-state index in [0.717, 1.165) is 32.7 Å². The zero-order chi connectivity index (χ0) is 12.0. The fourth-order valence-corrected chi connectivity index (χ4v) is 1.80. The molecule has 1 aliphatic heterocycles. The molecule has 0 aromatic carbocycles. The highest BCUT2D eigenvalue weighted by molar-refractivity contribution is 5.76. The van der Waals surface area contributed by atoms with Gasteiger partial charge in [-0.05, 0) is 21.1 Å². The van der Waals surface area contributed by atoms with E-state index in [-0.39, 0.29) is 5.91 Å². The monoisotopic (exact) mass is 228 g/mol. The van der Waals surface area contributed by atoms with E-state index < -0.39 is 0 Å². The lowest BCUT2D eigenvalue weighted by molar-refractivity contribution is -0.122. The third kappa shape index (κ3) is 4.92. The number of nitrogens with zero attached hydrogens (tertiary/aromatic N) is 2. The highest BCUT2D eigenvalue weighted by Gasteiger charge is 2.20. The molecule has 16 heavy (non-hydrogen) atoms. The molecule has 0 saturated carbocycles. The molecule has 1 rings (SSSR count). The quantitative estimate of drug-likeness (QED) is 0.631. The first-order valence-electron chi connectivity index (χ1n) is 5.92. The maximum atomic E-state index is 11.7. The first-order chi connectivity index (χ1) is 7.59. The molecular formula is C11H24N4O. The number of carbonyl (C=O) groups is 1. The molecular weight excluding hydrogens is 204 g/mol. The summed E-state index contributed by atoms with van der Waals surface area (Å²) < 4.78 is 0. The topological polar surface area (TPSA) is 47.6 Å². The minimum absolute atomic E-state index is 0.155. The number of amides is 1. The van der Waals surface area contributed by atoms with E-state index in [9.17, 15) is 4.79 Å². The molecule has 1 fully saturated rings. The summed E-state index contributed by atoms with van der Waals surface area (Å²) in [5.41, 5.74) is 0. The van der Waals surface area contributed by atoms with Gasteiger partial charge >= 0.3 is 0 Å². The number of likely N-dealkylation sites (N-methyl/N-ethyl adjacent to an activating group) is 2. The predicted octanol–water partition coefficient (Wildman–Crippen LogP) is -1.04. The van der Waals surface area contributed by atoms with E-state index in [2.05, 4.69) is 27.5 Å². The minimum atomic E-state index is 0.155. The summed E-state index contributed by atoms with van der Waals surface area (Å²) in [7, 11) is 6.09. The van der Waals surface area contributed by atoms with Gasteiger partial charge in [-0.2, -0.15) is 0 Å². The molecule has 0 radical (unpaired) electrons. The number of carbonyl (C=O) groups excluding carboxylic acids is 1. The molecule has 5 nitrogen and oxygen atoms in total. The van der Waals surface area contributed by atoms with Crippen molar-refractivity contribution < 1.29 is 4.79 Å². The summed E-state index contributed by atoms with van der Waals surface area (Å²) in [4.78, 5) is 16.0. The van der Waals surface area contributed by atoms with Gasteiger partial charge in [-0.25, -0.2) is 0 Å². The molecule has 1 atom stereocenters. The Hall–Kier alpha value is -0.650. The third-order valence-electron chi connectivity index (χ3n) is 2.95. The fraction of sp³-hybridized carbons (Fsp3) is 0.909. The van der Waals surface area contributed by atoms with E-state index in [4.69, 9.17) is 0 Å². The summed E-state index contributed by atoms with van der Waals surface area (Å²) in [5, 5.41) is 6.26. The van der Waals surface area contributed by atoms with Gasteiger partial charge in [-0.3, -0.25) is 4.79 Å². The van der Waals surface area contributed by atoms with Gasteiger partial charge in [0.2, 0.25) is 5.91 Å². The highest BCUT2D eigenvalue weighted by atomic mass is 16.1. The Morgan fingerprint density at radius 2 is 2.31 bits per heavy atom. The van der Waals surface area contributed by atoms with Crippen LogP contribution in [0.5, 0.6) is 0 Å². The Morgan fingerprint density at radius 1 is 1.56 bits per heavy atom. The van der Waals surface area contributed by atoms with E-state index in [1.165, 1.54) is 0 Å². The highest BCUT2D eigenvalue weighted by Crippen LogP contribution is 2.03. The van der Waals surface area contributed by atoms with Crippen molar-refractivity contribution in [3.8, 4) is 0 Å². The second-order valence-corrected chi connectivity index (χ2v) is 4.70. The van der Waals surface area contributed by atoms with Crippen molar-refractivity contribution in [2.75, 3.05) is 53.9 Å². The summed E-state index contributed by atoms with van der Waals surface area (Å²) in [6, 6.07) is 0.341. The minimum Gasteiger partial charge on any atom is -0.355 e. The van der Waals surface area contributed by atoms with Gasteiger partial charge in [0.25, 0.3) is 0 Å². The molecule has 0 spiro atoms.